The third-order valence-corrected chi connectivity index (χ3v) is 5.22. The molecule has 0 aromatic heterocycles. The normalized spacial score (nSPS) is 14.0. The number of amides is 2. The average molecular weight is 426 g/mol. The Labute approximate surface area is 182 Å². The van der Waals surface area contributed by atoms with Gasteiger partial charge in [-0.2, -0.15) is 0 Å². The molecule has 1 aliphatic heterocycles. The van der Waals surface area contributed by atoms with E-state index in [1.165, 1.54) is 13.2 Å². The topological polar surface area (TPSA) is 54.0 Å². The van der Waals surface area contributed by atoms with Crippen LogP contribution in [0.1, 0.15) is 11.1 Å². The molecule has 1 saturated heterocycles. The van der Waals surface area contributed by atoms with Crippen LogP contribution in [0.25, 0.3) is 0 Å². The number of terminal acetylenes is 1. The van der Waals surface area contributed by atoms with Gasteiger partial charge in [-0.25, -0.2) is 9.18 Å². The fraction of sp³-hybridized carbons (Fsp3) is 0.375. The van der Waals surface area contributed by atoms with Crippen LogP contribution >= 0.6 is 0 Å². The molecule has 0 bridgehead atoms. The van der Waals surface area contributed by atoms with E-state index in [1.807, 2.05) is 35.2 Å². The Morgan fingerprint density at radius 2 is 1.84 bits per heavy atom. The number of halogens is 1. The second kappa shape index (κ2) is 11.2. The van der Waals surface area contributed by atoms with Gasteiger partial charge in [-0.15, -0.1) is 6.42 Å². The predicted molar refractivity (Wildman–Crippen MR) is 118 cm³/mol. The Morgan fingerprint density at radius 1 is 1.13 bits per heavy atom. The van der Waals surface area contributed by atoms with Crippen molar-refractivity contribution in [3.63, 3.8) is 0 Å². The predicted octanol–water partition coefficient (Wildman–Crippen LogP) is 2.92. The molecule has 0 aliphatic carbocycles. The van der Waals surface area contributed by atoms with Gasteiger partial charge in [0, 0.05) is 39.3 Å². The summed E-state index contributed by atoms with van der Waals surface area (Å²) in [7, 11) is 1.45. The van der Waals surface area contributed by atoms with Crippen molar-refractivity contribution in [2.24, 2.45) is 0 Å². The monoisotopic (exact) mass is 425 g/mol. The minimum absolute atomic E-state index is 0.0517. The first kappa shape index (κ1) is 22.4. The zero-order valence-electron chi connectivity index (χ0n) is 17.8. The van der Waals surface area contributed by atoms with Gasteiger partial charge in [-0.3, -0.25) is 4.90 Å². The van der Waals surface area contributed by atoms with Gasteiger partial charge < -0.3 is 19.7 Å². The summed E-state index contributed by atoms with van der Waals surface area (Å²) in [6.45, 7) is 4.25. The largest absolute Gasteiger partial charge is 0.494 e. The molecule has 0 radical (unpaired) electrons. The highest BCUT2D eigenvalue weighted by Crippen LogP contribution is 2.19. The lowest BCUT2D eigenvalue weighted by atomic mass is 10.1. The highest BCUT2D eigenvalue weighted by atomic mass is 19.1. The molecule has 6 nitrogen and oxygen atoms in total. The number of nitrogens with zero attached hydrogens (tertiary/aromatic N) is 2. The first-order chi connectivity index (χ1) is 15.1. The standard InChI is InChI=1S/C24H28FN3O3/c1-3-16-31-21-7-4-19(5-8-21)10-11-26-24(29)28-14-12-27(13-15-28)18-20-6-9-23(30-2)22(25)17-20/h1,4-9,17H,10-16,18H2,2H3,(H,26,29). The van der Waals surface area contributed by atoms with Crippen LogP contribution in [-0.4, -0.2) is 62.3 Å². The van der Waals surface area contributed by atoms with E-state index in [-0.39, 0.29) is 24.2 Å². The van der Waals surface area contributed by atoms with Gasteiger partial charge in [-0.05, 0) is 41.8 Å². The molecule has 0 spiro atoms. The van der Waals surface area contributed by atoms with Crippen molar-refractivity contribution in [2.75, 3.05) is 46.4 Å². The molecule has 164 valence electrons. The second-order valence-electron chi connectivity index (χ2n) is 7.35. The van der Waals surface area contributed by atoms with Crippen LogP contribution in [0.3, 0.4) is 0 Å². The highest BCUT2D eigenvalue weighted by molar-refractivity contribution is 5.74. The molecule has 1 N–H and O–H groups in total. The van der Waals surface area contributed by atoms with Gasteiger partial charge in [0.1, 0.15) is 12.4 Å². The molecule has 1 heterocycles. The molecule has 0 atom stereocenters. The summed E-state index contributed by atoms with van der Waals surface area (Å²) < 4.78 is 24.2. The third kappa shape index (κ3) is 6.63. The van der Waals surface area contributed by atoms with Crippen LogP contribution in [-0.2, 0) is 13.0 Å². The number of hydrogen-bond donors (Lipinski definition) is 1. The van der Waals surface area contributed by atoms with E-state index in [4.69, 9.17) is 15.9 Å². The lowest BCUT2D eigenvalue weighted by Crippen LogP contribution is -2.51. The summed E-state index contributed by atoms with van der Waals surface area (Å²) in [5.74, 6) is 3.06. The Kier molecular flexibility index (Phi) is 8.13. The van der Waals surface area contributed by atoms with E-state index in [1.54, 1.807) is 6.07 Å². The number of carbonyl (C=O) groups is 1. The fourth-order valence-electron chi connectivity index (χ4n) is 3.48. The van der Waals surface area contributed by atoms with Crippen molar-refractivity contribution in [1.29, 1.82) is 0 Å². The Balaban J connectivity index is 1.37. The minimum atomic E-state index is -0.354. The number of piperazine rings is 1. The molecular weight excluding hydrogens is 397 g/mol. The maximum absolute atomic E-state index is 13.9. The second-order valence-corrected chi connectivity index (χ2v) is 7.35. The molecule has 2 aromatic rings. The number of nitrogens with one attached hydrogen (secondary N) is 1. The summed E-state index contributed by atoms with van der Waals surface area (Å²) >= 11 is 0. The smallest absolute Gasteiger partial charge is 0.317 e. The van der Waals surface area contributed by atoms with Crippen molar-refractivity contribution in [3.05, 3.63) is 59.4 Å². The molecule has 3 rings (SSSR count). The Morgan fingerprint density at radius 3 is 2.48 bits per heavy atom. The van der Waals surface area contributed by atoms with Crippen LogP contribution in [0.5, 0.6) is 11.5 Å². The molecule has 31 heavy (non-hydrogen) atoms. The Bertz CT molecular complexity index is 903. The quantitative estimate of drug-likeness (QED) is 0.661. The van der Waals surface area contributed by atoms with E-state index < -0.39 is 0 Å². The van der Waals surface area contributed by atoms with Crippen LogP contribution in [0.2, 0.25) is 0 Å². The minimum Gasteiger partial charge on any atom is -0.494 e. The van der Waals surface area contributed by atoms with Gasteiger partial charge in [0.25, 0.3) is 0 Å². The molecule has 2 amide bonds. The van der Waals surface area contributed by atoms with E-state index in [0.29, 0.717) is 26.2 Å². The summed E-state index contributed by atoms with van der Waals surface area (Å²) in [6, 6.07) is 12.7. The van der Waals surface area contributed by atoms with E-state index in [9.17, 15) is 9.18 Å². The van der Waals surface area contributed by atoms with Gasteiger partial charge >= 0.3 is 6.03 Å². The number of carbonyl (C=O) groups excluding carboxylic acids is 1. The van der Waals surface area contributed by atoms with Gasteiger partial charge in [-0.1, -0.05) is 24.1 Å². The van der Waals surface area contributed by atoms with Crippen LogP contribution in [0.15, 0.2) is 42.5 Å². The summed E-state index contributed by atoms with van der Waals surface area (Å²) in [4.78, 5) is 16.5. The molecule has 0 saturated carbocycles. The maximum Gasteiger partial charge on any atom is 0.317 e. The molecular formula is C24H28FN3O3. The van der Waals surface area contributed by atoms with E-state index >= 15 is 0 Å². The number of urea groups is 1. The highest BCUT2D eigenvalue weighted by Gasteiger charge is 2.21. The number of benzene rings is 2. The first-order valence-electron chi connectivity index (χ1n) is 10.3. The summed E-state index contributed by atoms with van der Waals surface area (Å²) in [6.07, 6.45) is 5.92. The number of rotatable bonds is 8. The van der Waals surface area contributed by atoms with Crippen molar-refractivity contribution in [2.45, 2.75) is 13.0 Å². The molecule has 1 aliphatic rings. The van der Waals surface area contributed by atoms with Gasteiger partial charge in [0.05, 0.1) is 7.11 Å². The van der Waals surface area contributed by atoms with Crippen LogP contribution in [0, 0.1) is 18.2 Å². The van der Waals surface area contributed by atoms with E-state index in [0.717, 1.165) is 36.4 Å². The lowest BCUT2D eigenvalue weighted by molar-refractivity contribution is 0.135. The SMILES string of the molecule is C#CCOc1ccc(CCNC(=O)N2CCN(Cc3ccc(OC)c(F)c3)CC2)cc1. The van der Waals surface area contributed by atoms with Crippen molar-refractivity contribution < 1.29 is 18.7 Å². The lowest BCUT2D eigenvalue weighted by Gasteiger charge is -2.34. The first-order valence-corrected chi connectivity index (χ1v) is 10.3. The summed E-state index contributed by atoms with van der Waals surface area (Å²) in [5, 5.41) is 2.98. The summed E-state index contributed by atoms with van der Waals surface area (Å²) in [5.41, 5.74) is 2.01. The van der Waals surface area contributed by atoms with Crippen LogP contribution < -0.4 is 14.8 Å². The van der Waals surface area contributed by atoms with Gasteiger partial charge in [0.2, 0.25) is 0 Å². The number of methoxy groups -OCH3 is 1. The molecule has 7 heteroatoms. The molecule has 2 aromatic carbocycles. The van der Waals surface area contributed by atoms with Gasteiger partial charge in [0.15, 0.2) is 11.6 Å². The molecule has 0 unspecified atom stereocenters. The molecule has 1 fully saturated rings. The Hall–Kier alpha value is -3.24. The van der Waals surface area contributed by atoms with E-state index in [2.05, 4.69) is 16.1 Å². The van der Waals surface area contributed by atoms with Crippen LogP contribution in [0.4, 0.5) is 9.18 Å². The van der Waals surface area contributed by atoms with Crippen molar-refractivity contribution >= 4 is 6.03 Å². The van der Waals surface area contributed by atoms with Crippen molar-refractivity contribution in [3.8, 4) is 23.8 Å². The number of ether oxygens (including phenoxy) is 2. The number of hydrogen-bond acceptors (Lipinski definition) is 4. The van der Waals surface area contributed by atoms with Crippen molar-refractivity contribution in [1.82, 2.24) is 15.1 Å². The fourth-order valence-corrected chi connectivity index (χ4v) is 3.48. The third-order valence-electron chi connectivity index (χ3n) is 5.22. The zero-order valence-corrected chi connectivity index (χ0v) is 17.8. The zero-order chi connectivity index (χ0) is 22.1. The maximum atomic E-state index is 13.9. The average Bonchev–Trinajstić information content (AvgIpc) is 2.79.